The van der Waals surface area contributed by atoms with Crippen LogP contribution in [0.5, 0.6) is 0 Å². The van der Waals surface area contributed by atoms with Gasteiger partial charge in [0, 0.05) is 18.7 Å². The summed E-state index contributed by atoms with van der Waals surface area (Å²) in [6, 6.07) is 8.45. The molecule has 1 saturated heterocycles. The maximum atomic E-state index is 12.5. The lowest BCUT2D eigenvalue weighted by molar-refractivity contribution is 0.0727. The van der Waals surface area contributed by atoms with Crippen molar-refractivity contribution in [2.45, 2.75) is 31.9 Å². The first-order chi connectivity index (χ1) is 10.8. The van der Waals surface area contributed by atoms with Crippen molar-refractivity contribution in [3.8, 4) is 6.07 Å². The number of piperidine rings is 1. The van der Waals surface area contributed by atoms with Crippen LogP contribution in [0.15, 0.2) is 24.3 Å². The summed E-state index contributed by atoms with van der Waals surface area (Å²) in [5.74, 6) is 0.0832. The molecule has 2 rings (SSSR count). The highest BCUT2D eigenvalue weighted by molar-refractivity contribution is 7.92. The molecule has 1 unspecified atom stereocenters. The van der Waals surface area contributed by atoms with Gasteiger partial charge in [0.15, 0.2) is 9.84 Å². The predicted molar refractivity (Wildman–Crippen MR) is 88.7 cm³/mol. The fourth-order valence-corrected chi connectivity index (χ4v) is 5.02. The number of sulfone groups is 1. The Morgan fingerprint density at radius 3 is 2.57 bits per heavy atom. The van der Waals surface area contributed by atoms with Crippen LogP contribution in [0, 0.1) is 17.2 Å². The summed E-state index contributed by atoms with van der Waals surface area (Å²) >= 11 is 0. The van der Waals surface area contributed by atoms with Crippen LogP contribution in [0.1, 0.15) is 42.6 Å². The molecule has 1 aliphatic heterocycles. The highest BCUT2D eigenvalue weighted by Gasteiger charge is 2.33. The Bertz CT molecular complexity index is 702. The number of nitriles is 1. The normalized spacial score (nSPS) is 18.7. The third-order valence-electron chi connectivity index (χ3n) is 4.00. The maximum Gasteiger partial charge on any atom is 0.253 e. The summed E-state index contributed by atoms with van der Waals surface area (Å²) in [6.07, 6.45) is 1.32. The van der Waals surface area contributed by atoms with Gasteiger partial charge < -0.3 is 4.90 Å². The van der Waals surface area contributed by atoms with E-state index in [0.29, 0.717) is 30.5 Å². The summed E-state index contributed by atoms with van der Waals surface area (Å²) in [7, 11) is -3.18. The Balaban J connectivity index is 2.11. The van der Waals surface area contributed by atoms with Crippen LogP contribution in [0.2, 0.25) is 0 Å². The monoisotopic (exact) mass is 334 g/mol. The van der Waals surface area contributed by atoms with Gasteiger partial charge in [0.2, 0.25) is 0 Å². The number of benzene rings is 1. The number of hydrogen-bond acceptors (Lipinski definition) is 4. The minimum absolute atomic E-state index is 0.0876. The third kappa shape index (κ3) is 4.32. The maximum absolute atomic E-state index is 12.5. The van der Waals surface area contributed by atoms with Crippen molar-refractivity contribution >= 4 is 15.7 Å². The van der Waals surface area contributed by atoms with Gasteiger partial charge in [0.1, 0.15) is 0 Å². The van der Waals surface area contributed by atoms with Gasteiger partial charge in [0.25, 0.3) is 5.91 Å². The molecule has 23 heavy (non-hydrogen) atoms. The van der Waals surface area contributed by atoms with Crippen molar-refractivity contribution in [3.05, 3.63) is 35.4 Å². The second kappa shape index (κ2) is 7.14. The van der Waals surface area contributed by atoms with Crippen LogP contribution in [-0.4, -0.2) is 43.3 Å². The predicted octanol–water partition coefficient (Wildman–Crippen LogP) is 2.23. The molecular weight excluding hydrogens is 312 g/mol. The number of hydrogen-bond donors (Lipinski definition) is 0. The molecule has 124 valence electrons. The molecule has 0 aromatic heterocycles. The number of nitrogens with zero attached hydrogens (tertiary/aromatic N) is 2. The van der Waals surface area contributed by atoms with E-state index >= 15 is 0 Å². The second-order valence-corrected chi connectivity index (χ2v) is 8.75. The van der Waals surface area contributed by atoms with E-state index in [1.54, 1.807) is 29.2 Å². The zero-order valence-electron chi connectivity index (χ0n) is 13.5. The lowest BCUT2D eigenvalue weighted by atomic mass is 10.1. The molecule has 0 radical (unpaired) electrons. The first-order valence-corrected chi connectivity index (χ1v) is 9.56. The van der Waals surface area contributed by atoms with E-state index in [1.165, 1.54) is 0 Å². The van der Waals surface area contributed by atoms with Crippen molar-refractivity contribution in [1.82, 2.24) is 4.90 Å². The summed E-state index contributed by atoms with van der Waals surface area (Å²) in [5, 5.41) is 8.33. The Kier molecular flexibility index (Phi) is 5.42. The number of carbonyl (C=O) groups excluding carboxylic acids is 1. The van der Waals surface area contributed by atoms with E-state index in [4.69, 9.17) is 5.26 Å². The molecule has 5 nitrogen and oxygen atoms in total. The zero-order valence-corrected chi connectivity index (χ0v) is 14.3. The molecule has 1 aromatic rings. The number of rotatable bonds is 4. The van der Waals surface area contributed by atoms with Gasteiger partial charge in [-0.05, 0) is 43.0 Å². The van der Waals surface area contributed by atoms with Gasteiger partial charge in [0.05, 0.1) is 22.6 Å². The minimum atomic E-state index is -3.18. The third-order valence-corrected chi connectivity index (χ3v) is 6.53. The lowest BCUT2D eigenvalue weighted by Gasteiger charge is -2.33. The number of likely N-dealkylation sites (tertiary alicyclic amines) is 1. The average molecular weight is 334 g/mol. The topological polar surface area (TPSA) is 78.2 Å². The molecule has 1 aliphatic rings. The van der Waals surface area contributed by atoms with Crippen molar-refractivity contribution in [1.29, 1.82) is 5.26 Å². The first-order valence-electron chi connectivity index (χ1n) is 7.84. The van der Waals surface area contributed by atoms with Crippen LogP contribution in [0.3, 0.4) is 0 Å². The van der Waals surface area contributed by atoms with E-state index in [2.05, 4.69) is 0 Å². The van der Waals surface area contributed by atoms with Crippen LogP contribution >= 0.6 is 0 Å². The fourth-order valence-electron chi connectivity index (χ4n) is 2.89. The van der Waals surface area contributed by atoms with Crippen LogP contribution in [0.4, 0.5) is 0 Å². The first kappa shape index (κ1) is 17.5. The summed E-state index contributed by atoms with van der Waals surface area (Å²) < 4.78 is 24.8. The molecule has 0 saturated carbocycles. The Labute approximate surface area is 137 Å². The molecular formula is C17H22N2O3S. The highest BCUT2D eigenvalue weighted by Crippen LogP contribution is 2.21. The zero-order chi connectivity index (χ0) is 17.0. The average Bonchev–Trinajstić information content (AvgIpc) is 2.53. The summed E-state index contributed by atoms with van der Waals surface area (Å²) in [6.45, 7) is 4.61. The molecule has 0 bridgehead atoms. The summed E-state index contributed by atoms with van der Waals surface area (Å²) in [5.41, 5.74) is 0.989. The highest BCUT2D eigenvalue weighted by atomic mass is 32.2. The molecule has 1 heterocycles. The SMILES string of the molecule is CC(C)CS(=O)(=O)C1CCCN(C(=O)c2ccc(C#N)cc2)C1. The van der Waals surface area contributed by atoms with Gasteiger partial charge in [-0.25, -0.2) is 8.42 Å². The van der Waals surface area contributed by atoms with E-state index in [-0.39, 0.29) is 24.1 Å². The van der Waals surface area contributed by atoms with Crippen LogP contribution < -0.4 is 0 Å². The molecule has 6 heteroatoms. The fraction of sp³-hybridized carbons (Fsp3) is 0.529. The molecule has 1 atom stereocenters. The summed E-state index contributed by atoms with van der Waals surface area (Å²) in [4.78, 5) is 14.2. The standard InChI is InChI=1S/C17H22N2O3S/c1-13(2)12-23(21,22)16-4-3-9-19(11-16)17(20)15-7-5-14(10-18)6-8-15/h5-8,13,16H,3-4,9,11-12H2,1-2H3. The number of carbonyl (C=O) groups is 1. The van der Waals surface area contributed by atoms with Gasteiger partial charge >= 0.3 is 0 Å². The lowest BCUT2D eigenvalue weighted by Crippen LogP contribution is -2.46. The van der Waals surface area contributed by atoms with E-state index < -0.39 is 15.1 Å². The Hall–Kier alpha value is -1.87. The van der Waals surface area contributed by atoms with Crippen molar-refractivity contribution in [2.75, 3.05) is 18.8 Å². The van der Waals surface area contributed by atoms with Crippen LogP contribution in [-0.2, 0) is 9.84 Å². The van der Waals surface area contributed by atoms with E-state index in [1.807, 2.05) is 19.9 Å². The van der Waals surface area contributed by atoms with Gasteiger partial charge in [-0.15, -0.1) is 0 Å². The number of amides is 1. The Morgan fingerprint density at radius 1 is 1.35 bits per heavy atom. The van der Waals surface area contributed by atoms with Crippen LogP contribution in [0.25, 0.3) is 0 Å². The molecule has 1 aromatic carbocycles. The smallest absolute Gasteiger partial charge is 0.253 e. The molecule has 1 amide bonds. The molecule has 0 spiro atoms. The Morgan fingerprint density at radius 2 is 2.00 bits per heavy atom. The van der Waals surface area contributed by atoms with Crippen molar-refractivity contribution < 1.29 is 13.2 Å². The molecule has 1 fully saturated rings. The minimum Gasteiger partial charge on any atom is -0.337 e. The quantitative estimate of drug-likeness (QED) is 0.846. The van der Waals surface area contributed by atoms with Crippen molar-refractivity contribution in [3.63, 3.8) is 0 Å². The van der Waals surface area contributed by atoms with Crippen molar-refractivity contribution in [2.24, 2.45) is 5.92 Å². The van der Waals surface area contributed by atoms with E-state index in [0.717, 1.165) is 0 Å². The second-order valence-electron chi connectivity index (χ2n) is 6.43. The van der Waals surface area contributed by atoms with E-state index in [9.17, 15) is 13.2 Å². The van der Waals surface area contributed by atoms with Gasteiger partial charge in [-0.2, -0.15) is 5.26 Å². The van der Waals surface area contributed by atoms with Gasteiger partial charge in [-0.1, -0.05) is 13.8 Å². The molecule has 0 aliphatic carbocycles. The largest absolute Gasteiger partial charge is 0.337 e. The van der Waals surface area contributed by atoms with Gasteiger partial charge in [-0.3, -0.25) is 4.79 Å². The molecule has 0 N–H and O–H groups in total.